The van der Waals surface area contributed by atoms with E-state index < -0.39 is 11.8 Å². The van der Waals surface area contributed by atoms with Gasteiger partial charge in [0.1, 0.15) is 11.3 Å². The Kier molecular flexibility index (Phi) is 7.59. The van der Waals surface area contributed by atoms with Gasteiger partial charge in [0, 0.05) is 23.7 Å². The first-order valence-corrected chi connectivity index (χ1v) is 9.85. The molecule has 2 aromatic rings. The molecule has 0 saturated heterocycles. The van der Waals surface area contributed by atoms with E-state index in [4.69, 9.17) is 9.47 Å². The van der Waals surface area contributed by atoms with Gasteiger partial charge in [0.15, 0.2) is 0 Å². The third-order valence-corrected chi connectivity index (χ3v) is 4.05. The van der Waals surface area contributed by atoms with Gasteiger partial charge in [-0.1, -0.05) is 18.2 Å². The van der Waals surface area contributed by atoms with Crippen molar-refractivity contribution in [3.63, 3.8) is 0 Å². The van der Waals surface area contributed by atoms with Gasteiger partial charge in [0.05, 0.1) is 13.2 Å². The lowest BCUT2D eigenvalue weighted by Gasteiger charge is -2.30. The van der Waals surface area contributed by atoms with E-state index in [-0.39, 0.29) is 35.9 Å². The quantitative estimate of drug-likeness (QED) is 0.451. The molecule has 7 heteroatoms. The maximum atomic E-state index is 12.5. The van der Waals surface area contributed by atoms with Crippen LogP contribution in [0.2, 0.25) is 0 Å². The molecule has 3 N–H and O–H groups in total. The van der Waals surface area contributed by atoms with Crippen molar-refractivity contribution in [1.82, 2.24) is 5.32 Å². The maximum Gasteiger partial charge on any atom is 0.341 e. The number of esters is 1. The number of β-amino-alcohol motifs (C(OH)–C–C–N with tert-alkyl or cyclic N) is 1. The molecule has 0 aliphatic carbocycles. The van der Waals surface area contributed by atoms with Gasteiger partial charge in [-0.05, 0) is 58.0 Å². The molecule has 0 aliphatic heterocycles. The first-order chi connectivity index (χ1) is 14.0. The van der Waals surface area contributed by atoms with Gasteiger partial charge in [0.25, 0.3) is 5.91 Å². The van der Waals surface area contributed by atoms with E-state index in [0.29, 0.717) is 11.3 Å². The van der Waals surface area contributed by atoms with Gasteiger partial charge in [-0.15, -0.1) is 0 Å². The average Bonchev–Trinajstić information content (AvgIpc) is 2.68. The first kappa shape index (κ1) is 23.4. The van der Waals surface area contributed by atoms with Crippen LogP contribution in [0.5, 0.6) is 5.75 Å². The minimum Gasteiger partial charge on any atom is -0.462 e. The predicted octanol–water partition coefficient (Wildman–Crippen LogP) is 3.59. The normalized spacial score (nSPS) is 13.3. The Morgan fingerprint density at radius 2 is 1.70 bits per heavy atom. The number of aliphatic hydroxyl groups is 1. The minimum atomic E-state index is -1.57. The Morgan fingerprint density at radius 3 is 2.30 bits per heavy atom. The number of amides is 1. The Balaban J connectivity index is 2.25. The molecule has 0 fully saturated rings. The van der Waals surface area contributed by atoms with E-state index in [2.05, 4.69) is 10.6 Å². The summed E-state index contributed by atoms with van der Waals surface area (Å²) in [6.07, 6.45) is 0. The third kappa shape index (κ3) is 7.17. The number of carbonyl (C=O) groups excluding carboxylic acids is 2. The van der Waals surface area contributed by atoms with Gasteiger partial charge < -0.3 is 25.2 Å². The highest BCUT2D eigenvalue weighted by Gasteiger charge is 2.27. The van der Waals surface area contributed by atoms with Crippen molar-refractivity contribution < 1.29 is 24.2 Å². The summed E-state index contributed by atoms with van der Waals surface area (Å²) in [5.74, 6) is -2.32. The van der Waals surface area contributed by atoms with E-state index >= 15 is 0 Å². The molecule has 0 aromatic heterocycles. The van der Waals surface area contributed by atoms with E-state index in [0.717, 1.165) is 0 Å². The van der Waals surface area contributed by atoms with Crippen LogP contribution >= 0.6 is 0 Å². The molecular formula is C23H30N2O5. The molecule has 0 radical (unpaired) electrons. The van der Waals surface area contributed by atoms with Crippen molar-refractivity contribution in [3.05, 3.63) is 59.7 Å². The molecule has 2 aromatic carbocycles. The minimum absolute atomic E-state index is 0.110. The number of carbonyl (C=O) groups is 2. The molecule has 1 atom stereocenters. The van der Waals surface area contributed by atoms with Gasteiger partial charge >= 0.3 is 5.97 Å². The Bertz CT molecular complexity index is 873. The fraction of sp³-hybridized carbons (Fsp3) is 0.391. The second-order valence-electron chi connectivity index (χ2n) is 8.13. The SMILES string of the molecule is CCOC(=O)c1cc(NC(=O)c2ccccc2)ccc1OC(C)(O)CNC(C)(C)C. The summed E-state index contributed by atoms with van der Waals surface area (Å²) >= 11 is 0. The van der Waals surface area contributed by atoms with E-state index in [1.54, 1.807) is 37.3 Å². The van der Waals surface area contributed by atoms with Gasteiger partial charge in [-0.3, -0.25) is 4.79 Å². The van der Waals surface area contributed by atoms with E-state index in [1.807, 2.05) is 26.8 Å². The number of hydrogen-bond acceptors (Lipinski definition) is 6. The lowest BCUT2D eigenvalue weighted by molar-refractivity contribution is -0.121. The van der Waals surface area contributed by atoms with Crippen LogP contribution in [0.4, 0.5) is 5.69 Å². The zero-order chi connectivity index (χ0) is 22.4. The predicted molar refractivity (Wildman–Crippen MR) is 116 cm³/mol. The first-order valence-electron chi connectivity index (χ1n) is 9.85. The van der Waals surface area contributed by atoms with Crippen LogP contribution < -0.4 is 15.4 Å². The number of hydrogen-bond donors (Lipinski definition) is 3. The number of rotatable bonds is 8. The van der Waals surface area contributed by atoms with Crippen LogP contribution in [0, 0.1) is 0 Å². The summed E-state index contributed by atoms with van der Waals surface area (Å²) in [6, 6.07) is 13.3. The monoisotopic (exact) mass is 414 g/mol. The van der Waals surface area contributed by atoms with Crippen molar-refractivity contribution in [3.8, 4) is 5.75 Å². The summed E-state index contributed by atoms with van der Waals surface area (Å²) < 4.78 is 10.8. The van der Waals surface area contributed by atoms with Crippen LogP contribution in [-0.4, -0.2) is 41.5 Å². The molecule has 0 bridgehead atoms. The molecule has 2 rings (SSSR count). The van der Waals surface area contributed by atoms with Crippen molar-refractivity contribution in [2.45, 2.75) is 45.9 Å². The van der Waals surface area contributed by atoms with Crippen molar-refractivity contribution in [2.75, 3.05) is 18.5 Å². The Hall–Kier alpha value is -2.90. The molecule has 0 spiro atoms. The zero-order valence-electron chi connectivity index (χ0n) is 18.1. The van der Waals surface area contributed by atoms with E-state index in [9.17, 15) is 14.7 Å². The molecule has 0 aliphatic rings. The number of ether oxygens (including phenoxy) is 2. The largest absolute Gasteiger partial charge is 0.462 e. The molecule has 30 heavy (non-hydrogen) atoms. The molecule has 0 heterocycles. The summed E-state index contributed by atoms with van der Waals surface area (Å²) in [5.41, 5.74) is 0.792. The van der Waals surface area contributed by atoms with Crippen LogP contribution in [0.1, 0.15) is 55.3 Å². The maximum absolute atomic E-state index is 12.5. The molecule has 0 saturated carbocycles. The van der Waals surface area contributed by atoms with E-state index in [1.165, 1.54) is 19.1 Å². The lowest BCUT2D eigenvalue weighted by atomic mass is 10.1. The molecule has 162 valence electrons. The summed E-state index contributed by atoms with van der Waals surface area (Å²) in [6.45, 7) is 9.44. The topological polar surface area (TPSA) is 96.9 Å². The van der Waals surface area contributed by atoms with Gasteiger partial charge in [-0.2, -0.15) is 0 Å². The number of anilines is 1. The van der Waals surface area contributed by atoms with Crippen LogP contribution in [-0.2, 0) is 4.74 Å². The van der Waals surface area contributed by atoms with Gasteiger partial charge in [-0.25, -0.2) is 4.79 Å². The fourth-order valence-corrected chi connectivity index (χ4v) is 2.56. The van der Waals surface area contributed by atoms with Crippen molar-refractivity contribution in [2.24, 2.45) is 0 Å². The Morgan fingerprint density at radius 1 is 1.03 bits per heavy atom. The smallest absolute Gasteiger partial charge is 0.341 e. The van der Waals surface area contributed by atoms with Crippen molar-refractivity contribution >= 4 is 17.6 Å². The second kappa shape index (κ2) is 9.73. The second-order valence-corrected chi connectivity index (χ2v) is 8.13. The highest BCUT2D eigenvalue weighted by Crippen LogP contribution is 2.27. The summed E-state index contributed by atoms with van der Waals surface area (Å²) in [5, 5.41) is 16.5. The third-order valence-electron chi connectivity index (χ3n) is 4.05. The average molecular weight is 415 g/mol. The van der Waals surface area contributed by atoms with Crippen LogP contribution in [0.25, 0.3) is 0 Å². The highest BCUT2D eigenvalue weighted by molar-refractivity contribution is 6.05. The molecule has 1 unspecified atom stereocenters. The number of nitrogens with one attached hydrogen (secondary N) is 2. The lowest BCUT2D eigenvalue weighted by Crippen LogP contribution is -2.49. The van der Waals surface area contributed by atoms with Gasteiger partial charge in [0.2, 0.25) is 5.79 Å². The standard InChI is InChI=1S/C23H30N2O5/c1-6-29-21(27)18-14-17(25-20(26)16-10-8-7-9-11-16)12-13-19(18)30-23(5,28)15-24-22(2,3)4/h7-14,24,28H,6,15H2,1-5H3,(H,25,26). The molecule has 1 amide bonds. The Labute approximate surface area is 177 Å². The fourth-order valence-electron chi connectivity index (χ4n) is 2.56. The highest BCUT2D eigenvalue weighted by atomic mass is 16.6. The summed E-state index contributed by atoms with van der Waals surface area (Å²) in [4.78, 5) is 24.9. The van der Waals surface area contributed by atoms with Crippen LogP contribution in [0.15, 0.2) is 48.5 Å². The molecular weight excluding hydrogens is 384 g/mol. The van der Waals surface area contributed by atoms with Crippen LogP contribution in [0.3, 0.4) is 0 Å². The summed E-state index contributed by atoms with van der Waals surface area (Å²) in [7, 11) is 0. The zero-order valence-corrected chi connectivity index (χ0v) is 18.1. The van der Waals surface area contributed by atoms with Crippen molar-refractivity contribution in [1.29, 1.82) is 0 Å². The number of benzene rings is 2. The molecule has 7 nitrogen and oxygen atoms in total.